The number of nitrogens with one attached hydrogen (secondary N) is 3. The van der Waals surface area contributed by atoms with Crippen LogP contribution in [0.5, 0.6) is 0 Å². The van der Waals surface area contributed by atoms with Crippen molar-refractivity contribution in [1.82, 2.24) is 60.1 Å². The van der Waals surface area contributed by atoms with Crippen LogP contribution in [0.25, 0.3) is 33.4 Å². The molecule has 2 aliphatic heterocycles. The van der Waals surface area contributed by atoms with E-state index in [2.05, 4.69) is 70.1 Å². The molecule has 2 saturated carbocycles. The zero-order chi connectivity index (χ0) is 49.5. The number of pyridine rings is 2. The molecule has 2 aliphatic carbocycles. The van der Waals surface area contributed by atoms with Gasteiger partial charge in [-0.1, -0.05) is 71.1 Å². The van der Waals surface area contributed by atoms with Gasteiger partial charge in [-0.3, -0.25) is 14.4 Å². The van der Waals surface area contributed by atoms with E-state index in [1.54, 1.807) is 6.20 Å². The fourth-order valence-electron chi connectivity index (χ4n) is 10.8. The lowest BCUT2D eigenvalue weighted by Gasteiger charge is -2.33. The number of hydrogen-bond donors (Lipinski definition) is 4. The lowest BCUT2D eigenvalue weighted by atomic mass is 9.81. The van der Waals surface area contributed by atoms with Crippen molar-refractivity contribution in [3.8, 4) is 23.8 Å². The number of aromatic nitrogens is 10. The second-order valence-corrected chi connectivity index (χ2v) is 18.1. The molecule has 2 unspecified atom stereocenters. The summed E-state index contributed by atoms with van der Waals surface area (Å²) in [4.78, 5) is 63.5. The number of H-pyrrole nitrogens is 2. The number of likely N-dealkylation sites (tertiary alicyclic amines) is 1. The number of carbonyl (C=O) groups is 4. The lowest BCUT2D eigenvalue weighted by Crippen LogP contribution is -2.44. The molecule has 12 rings (SSSR count). The first kappa shape index (κ1) is 45.9. The van der Waals surface area contributed by atoms with Gasteiger partial charge < -0.3 is 25.3 Å². The monoisotopic (exact) mass is 956 g/mol. The molecule has 1 amide bonds. The van der Waals surface area contributed by atoms with E-state index in [9.17, 15) is 38.5 Å². The Morgan fingerprint density at radius 2 is 1.10 bits per heavy atom. The Bertz CT molecular complexity index is 3420. The Kier molecular flexibility index (Phi) is 11.6. The summed E-state index contributed by atoms with van der Waals surface area (Å²) in [5.41, 5.74) is 1.69. The van der Waals surface area contributed by atoms with Crippen LogP contribution in [0, 0.1) is 45.1 Å². The van der Waals surface area contributed by atoms with Gasteiger partial charge in [0.15, 0.2) is 23.3 Å². The number of hydrogen-bond acceptors (Lipinski definition) is 13. The largest absolute Gasteiger partial charge is 0.475 e. The summed E-state index contributed by atoms with van der Waals surface area (Å²) in [6.45, 7) is 2.88. The van der Waals surface area contributed by atoms with Crippen molar-refractivity contribution < 1.29 is 33.1 Å². The maximum Gasteiger partial charge on any atom is 0.377 e. The second kappa shape index (κ2) is 17.9. The number of rotatable bonds is 8. The van der Waals surface area contributed by atoms with Gasteiger partial charge in [0.1, 0.15) is 0 Å². The first-order valence-corrected chi connectivity index (χ1v) is 22.7. The number of amides is 1. The van der Waals surface area contributed by atoms with Crippen molar-refractivity contribution in [1.29, 1.82) is 10.5 Å². The maximum absolute atomic E-state index is 14.7. The third kappa shape index (κ3) is 7.67. The molecule has 6 aromatic heterocycles. The van der Waals surface area contributed by atoms with Crippen molar-refractivity contribution >= 4 is 45.2 Å². The smallest absolute Gasteiger partial charge is 0.377 e. The molecule has 8 aromatic rings. The second-order valence-electron chi connectivity index (χ2n) is 18.1. The topological polar surface area (TPSA) is 270 Å². The van der Waals surface area contributed by atoms with Gasteiger partial charge in [0, 0.05) is 25.5 Å². The molecule has 19 nitrogen and oxygen atoms in total. The molecule has 2 aromatic carbocycles. The summed E-state index contributed by atoms with van der Waals surface area (Å²) in [6, 6.07) is 25.2. The average Bonchev–Trinajstić information content (AvgIpc) is 3.91. The molecule has 4 fully saturated rings. The zero-order valence-corrected chi connectivity index (χ0v) is 37.7. The molecular weight excluding hydrogens is 915 g/mol. The molecule has 21 heteroatoms. The van der Waals surface area contributed by atoms with Crippen LogP contribution in [0.15, 0.2) is 110 Å². The summed E-state index contributed by atoms with van der Waals surface area (Å²) < 4.78 is 31.2. The highest BCUT2D eigenvalue weighted by molar-refractivity contribution is 6.45. The van der Waals surface area contributed by atoms with Gasteiger partial charge in [-0.25, -0.2) is 32.9 Å². The van der Waals surface area contributed by atoms with Crippen molar-refractivity contribution in [2.45, 2.75) is 49.4 Å². The molecule has 356 valence electrons. The average molecular weight is 957 g/mol. The quantitative estimate of drug-likeness (QED) is 0.105. The summed E-state index contributed by atoms with van der Waals surface area (Å²) in [5.74, 6) is -5.35. The lowest BCUT2D eigenvalue weighted by molar-refractivity contribution is -0.131. The van der Waals surface area contributed by atoms with Gasteiger partial charge in [-0.05, 0) is 73.6 Å². The van der Waals surface area contributed by atoms with Crippen LogP contribution in [-0.4, -0.2) is 110 Å². The molecule has 71 heavy (non-hydrogen) atoms. The number of aliphatic carboxylic acids is 1. The molecule has 8 heterocycles. The standard InChI is InChI=1S/C25H20FN7O2.C14H16N2.C11H6FN5O3/c26-18-13-29-22(33-11-8-30-31-33)20-19(18)17(12-28-20)21(34)23(35)32-9-6-24(7-10-32)14-25(24,15-27)16-4-2-1-3-5-16;15-11-14(12-4-2-1-3-5-12)10-13(14)6-8-16-9-7-13;12-6-4-14-10(17-2-1-15-16-17)8-7(6)5(3-13-8)9(18)11(19)20/h1-5,8,11-13,28H,6-7,9-10,14H2;1-5,16H,6-10H2;1-4,13H,(H,19,20). The number of Topliss-reactive ketones (excluding diaryl/α,β-unsaturated/α-hetero) is 2. The van der Waals surface area contributed by atoms with E-state index < -0.39 is 40.5 Å². The first-order chi connectivity index (χ1) is 34.4. The molecule has 0 bridgehead atoms. The van der Waals surface area contributed by atoms with E-state index in [1.807, 2.05) is 48.5 Å². The summed E-state index contributed by atoms with van der Waals surface area (Å²) in [5, 5.41) is 46.4. The molecule has 0 radical (unpaired) electrons. The number of ketones is 2. The minimum absolute atomic E-state index is 0.00732. The van der Waals surface area contributed by atoms with Crippen LogP contribution in [-0.2, 0) is 20.4 Å². The number of fused-ring (bicyclic) bond motifs is 2. The highest BCUT2D eigenvalue weighted by Crippen LogP contribution is 2.70. The number of aromatic amines is 2. The highest BCUT2D eigenvalue weighted by atomic mass is 19.1. The molecule has 2 spiro atoms. The van der Waals surface area contributed by atoms with Crippen molar-refractivity contribution in [3.05, 3.63) is 144 Å². The number of halogens is 2. The Morgan fingerprint density at radius 3 is 1.52 bits per heavy atom. The predicted octanol–water partition coefficient (Wildman–Crippen LogP) is 5.71. The summed E-state index contributed by atoms with van der Waals surface area (Å²) in [7, 11) is 0. The molecular formula is C50H42F2N14O5. The predicted molar refractivity (Wildman–Crippen MR) is 248 cm³/mol. The third-order valence-electron chi connectivity index (χ3n) is 14.7. The SMILES string of the molecule is N#CC1(c2ccccc2)CC12CCN(C(=O)C(=O)c1c[nH]c3c(-n4ccnn4)ncc(F)c13)CC2.N#CC1(c2ccccc2)CC12CCNCC2.O=C(O)C(=O)c1c[nH]c2c(-n3ccnn3)ncc(F)c12. The Balaban J connectivity index is 0.000000136. The van der Waals surface area contributed by atoms with Crippen LogP contribution >= 0.6 is 0 Å². The van der Waals surface area contributed by atoms with Gasteiger partial charge in [-0.15, -0.1) is 10.2 Å². The first-order valence-electron chi connectivity index (χ1n) is 22.7. The van der Waals surface area contributed by atoms with Crippen LogP contribution in [0.1, 0.15) is 70.4 Å². The van der Waals surface area contributed by atoms with E-state index >= 15 is 0 Å². The summed E-state index contributed by atoms with van der Waals surface area (Å²) in [6.07, 6.45) is 15.6. The zero-order valence-electron chi connectivity index (χ0n) is 37.7. The number of carboxylic acid groups (broad SMARTS) is 1. The molecule has 4 N–H and O–H groups in total. The normalized spacial score (nSPS) is 20.2. The number of carboxylic acids is 1. The van der Waals surface area contributed by atoms with Gasteiger partial charge in [-0.2, -0.15) is 10.5 Å². The van der Waals surface area contributed by atoms with Crippen molar-refractivity contribution in [3.63, 3.8) is 0 Å². The van der Waals surface area contributed by atoms with Crippen LogP contribution in [0.2, 0.25) is 0 Å². The van der Waals surface area contributed by atoms with E-state index in [1.165, 1.54) is 44.6 Å². The van der Waals surface area contributed by atoms with Gasteiger partial charge >= 0.3 is 5.97 Å². The number of carbonyl (C=O) groups excluding carboxylic acids is 3. The minimum Gasteiger partial charge on any atom is -0.475 e. The number of nitrogens with zero attached hydrogens (tertiary/aromatic N) is 11. The number of nitriles is 2. The summed E-state index contributed by atoms with van der Waals surface area (Å²) >= 11 is 0. The molecule has 4 aliphatic rings. The fourth-order valence-corrected chi connectivity index (χ4v) is 10.8. The number of piperidine rings is 2. The highest BCUT2D eigenvalue weighted by Gasteiger charge is 2.69. The van der Waals surface area contributed by atoms with Crippen molar-refractivity contribution in [2.75, 3.05) is 26.2 Å². The van der Waals surface area contributed by atoms with E-state index in [4.69, 9.17) is 5.11 Å². The molecule has 2 atom stereocenters. The third-order valence-corrected chi connectivity index (χ3v) is 14.7. The number of benzene rings is 2. The van der Waals surface area contributed by atoms with Gasteiger partial charge in [0.25, 0.3) is 17.5 Å². The minimum atomic E-state index is -1.66. The van der Waals surface area contributed by atoms with Gasteiger partial charge in [0.2, 0.25) is 0 Å². The van der Waals surface area contributed by atoms with E-state index in [0.717, 1.165) is 62.9 Å². The Morgan fingerprint density at radius 1 is 0.648 bits per heavy atom. The van der Waals surface area contributed by atoms with Crippen LogP contribution in [0.4, 0.5) is 8.78 Å². The van der Waals surface area contributed by atoms with E-state index in [-0.39, 0.29) is 60.8 Å². The van der Waals surface area contributed by atoms with Crippen molar-refractivity contribution in [2.24, 2.45) is 10.8 Å². The van der Waals surface area contributed by atoms with E-state index in [0.29, 0.717) is 25.9 Å². The van der Waals surface area contributed by atoms with Crippen LogP contribution < -0.4 is 5.32 Å². The van der Waals surface area contributed by atoms with Crippen LogP contribution in [0.3, 0.4) is 0 Å². The Hall–Kier alpha value is -8.82. The maximum atomic E-state index is 14.7. The Labute approximate surface area is 402 Å². The fraction of sp³-hybridized carbons (Fsp3) is 0.280. The molecule has 2 saturated heterocycles. The van der Waals surface area contributed by atoms with Gasteiger partial charge in [0.05, 0.1) is 93.1 Å².